The Morgan fingerprint density at radius 1 is 1.22 bits per heavy atom. The van der Waals surface area contributed by atoms with E-state index in [1.54, 1.807) is 26.0 Å². The Labute approximate surface area is 134 Å². The maximum absolute atomic E-state index is 13.6. The number of primary sulfonamides is 1. The molecule has 0 fully saturated rings. The van der Waals surface area contributed by atoms with Crippen LogP contribution in [0, 0.1) is 19.7 Å². The summed E-state index contributed by atoms with van der Waals surface area (Å²) in [4.78, 5) is 12.0. The number of hydrogen-bond donors (Lipinski definition) is 2. The Morgan fingerprint density at radius 3 is 2.48 bits per heavy atom. The van der Waals surface area contributed by atoms with Crippen LogP contribution in [-0.4, -0.2) is 14.3 Å². The van der Waals surface area contributed by atoms with Crippen LogP contribution in [0.3, 0.4) is 0 Å². The molecule has 1 amide bonds. The number of anilines is 1. The van der Waals surface area contributed by atoms with E-state index in [1.807, 2.05) is 0 Å². The molecule has 0 saturated heterocycles. The molecule has 0 radical (unpaired) electrons. The van der Waals surface area contributed by atoms with Gasteiger partial charge in [0.15, 0.2) is 0 Å². The molecule has 0 spiro atoms. The van der Waals surface area contributed by atoms with Gasteiger partial charge in [-0.3, -0.25) is 4.79 Å². The van der Waals surface area contributed by atoms with E-state index in [9.17, 15) is 17.6 Å². The Morgan fingerprint density at radius 2 is 1.87 bits per heavy atom. The molecule has 7 heteroatoms. The van der Waals surface area contributed by atoms with Crippen molar-refractivity contribution in [3.8, 4) is 0 Å². The molecule has 23 heavy (non-hydrogen) atoms. The lowest BCUT2D eigenvalue weighted by Crippen LogP contribution is -2.18. The van der Waals surface area contributed by atoms with Crippen molar-refractivity contribution in [2.45, 2.75) is 25.2 Å². The fourth-order valence-corrected chi connectivity index (χ4v) is 2.75. The van der Waals surface area contributed by atoms with Crippen LogP contribution >= 0.6 is 0 Å². The zero-order chi connectivity index (χ0) is 17.2. The van der Waals surface area contributed by atoms with Gasteiger partial charge in [0, 0.05) is 5.69 Å². The molecule has 3 N–H and O–H groups in total. The Balaban J connectivity index is 2.28. The normalized spacial score (nSPS) is 11.3. The van der Waals surface area contributed by atoms with Gasteiger partial charge in [-0.25, -0.2) is 17.9 Å². The van der Waals surface area contributed by atoms with Crippen molar-refractivity contribution in [2.24, 2.45) is 5.14 Å². The number of carbonyl (C=O) groups excluding carboxylic acids is 1. The summed E-state index contributed by atoms with van der Waals surface area (Å²) in [6, 6.07) is 8.73. The summed E-state index contributed by atoms with van der Waals surface area (Å²) in [6.07, 6.45) is -0.148. The molecule has 0 atom stereocenters. The number of nitrogens with two attached hydrogens (primary N) is 1. The van der Waals surface area contributed by atoms with Crippen molar-refractivity contribution < 1.29 is 17.6 Å². The number of carbonyl (C=O) groups is 1. The maximum Gasteiger partial charge on any atom is 0.238 e. The van der Waals surface area contributed by atoms with Crippen LogP contribution in [0.4, 0.5) is 10.1 Å². The van der Waals surface area contributed by atoms with Crippen molar-refractivity contribution in [1.29, 1.82) is 0 Å². The number of hydrogen-bond acceptors (Lipinski definition) is 3. The van der Waals surface area contributed by atoms with E-state index in [0.29, 0.717) is 11.3 Å². The van der Waals surface area contributed by atoms with Crippen LogP contribution < -0.4 is 10.5 Å². The third-order valence-electron chi connectivity index (χ3n) is 3.55. The van der Waals surface area contributed by atoms with Crippen molar-refractivity contribution in [3.63, 3.8) is 0 Å². The van der Waals surface area contributed by atoms with E-state index in [-0.39, 0.29) is 16.9 Å². The van der Waals surface area contributed by atoms with Crippen molar-refractivity contribution in [1.82, 2.24) is 0 Å². The average Bonchev–Trinajstić information content (AvgIpc) is 2.45. The van der Waals surface area contributed by atoms with Gasteiger partial charge in [0.1, 0.15) is 5.82 Å². The van der Waals surface area contributed by atoms with E-state index in [1.165, 1.54) is 24.3 Å². The molecule has 0 heterocycles. The standard InChI is InChI=1S/C16H17FN2O3S/c1-10-7-13(23(18,21)22)9-15(11(10)2)19-16(20)8-12-5-3-4-6-14(12)17/h3-7,9H,8H2,1-2H3,(H,19,20)(H2,18,21,22). The van der Waals surface area contributed by atoms with Gasteiger partial charge in [-0.1, -0.05) is 18.2 Å². The maximum atomic E-state index is 13.6. The van der Waals surface area contributed by atoms with Gasteiger partial charge in [-0.05, 0) is 48.7 Å². The third-order valence-corrected chi connectivity index (χ3v) is 4.45. The highest BCUT2D eigenvalue weighted by atomic mass is 32.2. The molecule has 2 aromatic carbocycles. The van der Waals surface area contributed by atoms with E-state index in [0.717, 1.165) is 5.56 Å². The van der Waals surface area contributed by atoms with E-state index in [4.69, 9.17) is 5.14 Å². The van der Waals surface area contributed by atoms with Crippen molar-refractivity contribution in [2.75, 3.05) is 5.32 Å². The fourth-order valence-electron chi connectivity index (χ4n) is 2.13. The summed E-state index contributed by atoms with van der Waals surface area (Å²) in [6.45, 7) is 3.47. The largest absolute Gasteiger partial charge is 0.326 e. The molecule has 5 nitrogen and oxygen atoms in total. The van der Waals surface area contributed by atoms with Crippen LogP contribution in [-0.2, 0) is 21.2 Å². The first-order valence-corrected chi connectivity index (χ1v) is 8.40. The van der Waals surface area contributed by atoms with Gasteiger partial charge >= 0.3 is 0 Å². The third kappa shape index (κ3) is 4.14. The molecule has 122 valence electrons. The topological polar surface area (TPSA) is 89.3 Å². The van der Waals surface area contributed by atoms with E-state index in [2.05, 4.69) is 5.32 Å². The van der Waals surface area contributed by atoms with Crippen molar-refractivity contribution in [3.05, 3.63) is 58.9 Å². The Hall–Kier alpha value is -2.25. The van der Waals surface area contributed by atoms with Crippen LogP contribution in [0.5, 0.6) is 0 Å². The van der Waals surface area contributed by atoms with E-state index >= 15 is 0 Å². The number of rotatable bonds is 4. The van der Waals surface area contributed by atoms with Gasteiger partial charge in [-0.15, -0.1) is 0 Å². The minimum atomic E-state index is -3.88. The summed E-state index contributed by atoms with van der Waals surface area (Å²) in [5.74, 6) is -0.905. The Kier molecular flexibility index (Phi) is 4.82. The highest BCUT2D eigenvalue weighted by Gasteiger charge is 2.15. The number of amides is 1. The second-order valence-electron chi connectivity index (χ2n) is 5.27. The molecule has 0 saturated carbocycles. The predicted molar refractivity (Wildman–Crippen MR) is 86.0 cm³/mol. The quantitative estimate of drug-likeness (QED) is 0.897. The fraction of sp³-hybridized carbons (Fsp3) is 0.188. The summed E-state index contributed by atoms with van der Waals surface area (Å²) in [7, 11) is -3.88. The lowest BCUT2D eigenvalue weighted by molar-refractivity contribution is -0.115. The summed E-state index contributed by atoms with van der Waals surface area (Å²) in [5.41, 5.74) is 2.01. The number of benzene rings is 2. The molecular weight excluding hydrogens is 319 g/mol. The number of sulfonamides is 1. The second kappa shape index (κ2) is 6.47. The molecule has 0 aromatic heterocycles. The minimum absolute atomic E-state index is 0.0817. The second-order valence-corrected chi connectivity index (χ2v) is 6.84. The van der Waals surface area contributed by atoms with Crippen molar-refractivity contribution >= 4 is 21.6 Å². The highest BCUT2D eigenvalue weighted by molar-refractivity contribution is 7.89. The summed E-state index contributed by atoms with van der Waals surface area (Å²) in [5, 5.41) is 7.74. The SMILES string of the molecule is Cc1cc(S(N)(=O)=O)cc(NC(=O)Cc2ccccc2F)c1C. The average molecular weight is 336 g/mol. The van der Waals surface area contributed by atoms with Gasteiger partial charge in [0.2, 0.25) is 15.9 Å². The smallest absolute Gasteiger partial charge is 0.238 e. The van der Waals surface area contributed by atoms with Crippen LogP contribution in [0.2, 0.25) is 0 Å². The molecular formula is C16H17FN2O3S. The summed E-state index contributed by atoms with van der Waals surface area (Å²) < 4.78 is 36.5. The van der Waals surface area contributed by atoms with Crippen LogP contribution in [0.25, 0.3) is 0 Å². The molecule has 2 rings (SSSR count). The van der Waals surface area contributed by atoms with Gasteiger partial charge < -0.3 is 5.32 Å². The minimum Gasteiger partial charge on any atom is -0.326 e. The highest BCUT2D eigenvalue weighted by Crippen LogP contribution is 2.23. The molecule has 0 aliphatic rings. The first kappa shape index (κ1) is 17.1. The number of nitrogens with one attached hydrogen (secondary N) is 1. The van der Waals surface area contributed by atoms with Crippen LogP contribution in [0.1, 0.15) is 16.7 Å². The van der Waals surface area contributed by atoms with E-state index < -0.39 is 21.7 Å². The predicted octanol–water partition coefficient (Wildman–Crippen LogP) is 2.27. The molecule has 0 aliphatic heterocycles. The number of aryl methyl sites for hydroxylation is 1. The Bertz CT molecular complexity index is 864. The lowest BCUT2D eigenvalue weighted by atomic mass is 10.1. The molecule has 0 unspecified atom stereocenters. The summed E-state index contributed by atoms with van der Waals surface area (Å²) >= 11 is 0. The van der Waals surface area contributed by atoms with Crippen LogP contribution in [0.15, 0.2) is 41.3 Å². The van der Waals surface area contributed by atoms with Gasteiger partial charge in [-0.2, -0.15) is 0 Å². The molecule has 0 bridgehead atoms. The first-order chi connectivity index (χ1) is 10.7. The first-order valence-electron chi connectivity index (χ1n) is 6.86. The zero-order valence-electron chi connectivity index (χ0n) is 12.8. The molecule has 0 aliphatic carbocycles. The van der Waals surface area contributed by atoms with Gasteiger partial charge in [0.25, 0.3) is 0 Å². The van der Waals surface area contributed by atoms with Gasteiger partial charge in [0.05, 0.1) is 11.3 Å². The lowest BCUT2D eigenvalue weighted by Gasteiger charge is -2.13. The molecule has 2 aromatic rings. The monoisotopic (exact) mass is 336 g/mol. The zero-order valence-corrected chi connectivity index (χ0v) is 13.6. The number of halogens is 1.